The molecule has 7 nitrogen and oxygen atoms in total. The number of phenols is 2. The minimum Gasteiger partial charge on any atom is -0.507 e. The summed E-state index contributed by atoms with van der Waals surface area (Å²) in [5.41, 5.74) is -0.925. The molecule has 0 saturated carbocycles. The standard InChI is InChI=1S/C20H11Br2NO6/c21-12-1-3-17(24)15(8-12)19(26)10-5-11(7-14(6-10)23(28)29)20(27)16-9-13(22)2-4-18(16)25/h1-9,24-25H. The zero-order valence-corrected chi connectivity index (χ0v) is 17.6. The van der Waals surface area contributed by atoms with E-state index in [0.29, 0.717) is 8.95 Å². The van der Waals surface area contributed by atoms with Gasteiger partial charge in [0.1, 0.15) is 11.5 Å². The van der Waals surface area contributed by atoms with E-state index in [1.54, 1.807) is 0 Å². The van der Waals surface area contributed by atoms with E-state index in [1.807, 2.05) is 0 Å². The van der Waals surface area contributed by atoms with Crippen molar-refractivity contribution < 1.29 is 24.7 Å². The van der Waals surface area contributed by atoms with Crippen molar-refractivity contribution >= 4 is 49.1 Å². The molecule has 0 spiro atoms. The maximum absolute atomic E-state index is 12.9. The smallest absolute Gasteiger partial charge is 0.270 e. The van der Waals surface area contributed by atoms with Gasteiger partial charge in [0.15, 0.2) is 11.6 Å². The van der Waals surface area contributed by atoms with Gasteiger partial charge in [-0.2, -0.15) is 0 Å². The number of hydrogen-bond donors (Lipinski definition) is 2. The second-order valence-electron chi connectivity index (χ2n) is 6.01. The molecule has 3 aromatic carbocycles. The van der Waals surface area contributed by atoms with Crippen molar-refractivity contribution in [1.82, 2.24) is 0 Å². The first-order chi connectivity index (χ1) is 13.7. The molecule has 0 unspecified atom stereocenters. The van der Waals surface area contributed by atoms with E-state index in [1.165, 1.54) is 42.5 Å². The molecule has 0 amide bonds. The molecule has 0 aliphatic heterocycles. The summed E-state index contributed by atoms with van der Waals surface area (Å²) in [5.74, 6) is -2.00. The summed E-state index contributed by atoms with van der Waals surface area (Å²) in [5, 5.41) is 31.3. The zero-order valence-electron chi connectivity index (χ0n) is 14.4. The molecule has 0 radical (unpaired) electrons. The Morgan fingerprint density at radius 2 is 1.17 bits per heavy atom. The fourth-order valence-electron chi connectivity index (χ4n) is 2.67. The van der Waals surface area contributed by atoms with Crippen LogP contribution in [0.15, 0.2) is 63.5 Å². The normalized spacial score (nSPS) is 10.6. The molecule has 0 fully saturated rings. The first-order valence-corrected chi connectivity index (χ1v) is 9.62. The second kappa shape index (κ2) is 8.14. The molecule has 0 heterocycles. The lowest BCUT2D eigenvalue weighted by Gasteiger charge is -2.08. The van der Waals surface area contributed by atoms with Crippen LogP contribution in [0.3, 0.4) is 0 Å². The Kier molecular flexibility index (Phi) is 5.81. The summed E-state index contributed by atoms with van der Waals surface area (Å²) >= 11 is 6.40. The third kappa shape index (κ3) is 4.36. The second-order valence-corrected chi connectivity index (χ2v) is 7.84. The SMILES string of the molecule is O=C(c1cc(C(=O)c2cc(Br)ccc2O)cc([N+](=O)[O-])c1)c1cc(Br)ccc1O. The summed E-state index contributed by atoms with van der Waals surface area (Å²) in [4.78, 5) is 36.3. The largest absolute Gasteiger partial charge is 0.507 e. The minimum atomic E-state index is -0.727. The monoisotopic (exact) mass is 519 g/mol. The van der Waals surface area contributed by atoms with E-state index in [4.69, 9.17) is 0 Å². The summed E-state index contributed by atoms with van der Waals surface area (Å²) < 4.78 is 1.05. The number of halogens is 2. The average molecular weight is 521 g/mol. The highest BCUT2D eigenvalue weighted by Crippen LogP contribution is 2.29. The Hall–Kier alpha value is -3.04. The Labute approximate surface area is 181 Å². The summed E-state index contributed by atoms with van der Waals surface area (Å²) in [6.07, 6.45) is 0. The van der Waals surface area contributed by atoms with Gasteiger partial charge in [-0.25, -0.2) is 0 Å². The van der Waals surface area contributed by atoms with Crippen molar-refractivity contribution in [2.75, 3.05) is 0 Å². The maximum atomic E-state index is 12.9. The van der Waals surface area contributed by atoms with Gasteiger partial charge in [-0.05, 0) is 42.5 Å². The van der Waals surface area contributed by atoms with Crippen molar-refractivity contribution in [1.29, 1.82) is 0 Å². The number of non-ortho nitro benzene ring substituents is 1. The lowest BCUT2D eigenvalue weighted by Crippen LogP contribution is -2.08. The molecular weight excluding hydrogens is 510 g/mol. The molecule has 0 aromatic heterocycles. The molecule has 2 N–H and O–H groups in total. The van der Waals surface area contributed by atoms with Crippen LogP contribution >= 0.6 is 31.9 Å². The Bertz CT molecular complexity index is 1090. The lowest BCUT2D eigenvalue weighted by atomic mass is 9.96. The summed E-state index contributed by atoms with van der Waals surface area (Å²) in [6, 6.07) is 11.7. The number of benzene rings is 3. The number of nitro benzene ring substituents is 1. The van der Waals surface area contributed by atoms with E-state index in [0.717, 1.165) is 12.1 Å². The van der Waals surface area contributed by atoms with Crippen LogP contribution in [0.1, 0.15) is 31.8 Å². The van der Waals surface area contributed by atoms with Crippen LogP contribution in [0.4, 0.5) is 5.69 Å². The first-order valence-electron chi connectivity index (χ1n) is 8.03. The fourth-order valence-corrected chi connectivity index (χ4v) is 3.39. The minimum absolute atomic E-state index is 0.0800. The van der Waals surface area contributed by atoms with Gasteiger partial charge < -0.3 is 10.2 Å². The van der Waals surface area contributed by atoms with Gasteiger partial charge in [0, 0.05) is 32.2 Å². The quantitative estimate of drug-likeness (QED) is 0.278. The van der Waals surface area contributed by atoms with Crippen LogP contribution in [-0.4, -0.2) is 26.7 Å². The van der Waals surface area contributed by atoms with Gasteiger partial charge in [0.2, 0.25) is 0 Å². The Balaban J connectivity index is 2.15. The van der Waals surface area contributed by atoms with Gasteiger partial charge in [-0.1, -0.05) is 31.9 Å². The number of carbonyl (C=O) groups excluding carboxylic acids is 2. The Morgan fingerprint density at radius 3 is 1.55 bits per heavy atom. The van der Waals surface area contributed by atoms with Crippen LogP contribution in [0, 0.1) is 10.1 Å². The molecule has 9 heteroatoms. The van der Waals surface area contributed by atoms with E-state index in [9.17, 15) is 29.9 Å². The molecule has 29 heavy (non-hydrogen) atoms. The van der Waals surface area contributed by atoms with Crippen molar-refractivity contribution in [3.05, 3.63) is 95.9 Å². The number of nitrogens with zero attached hydrogens (tertiary/aromatic N) is 1. The Morgan fingerprint density at radius 1 is 0.759 bits per heavy atom. The van der Waals surface area contributed by atoms with Crippen LogP contribution in [0.2, 0.25) is 0 Å². The molecule has 0 aliphatic carbocycles. The van der Waals surface area contributed by atoms with Crippen molar-refractivity contribution in [3.63, 3.8) is 0 Å². The molecule has 0 saturated heterocycles. The number of aromatic hydroxyl groups is 2. The molecule has 0 aliphatic rings. The molecule has 0 atom stereocenters. The number of ketones is 2. The van der Waals surface area contributed by atoms with Crippen LogP contribution in [0.25, 0.3) is 0 Å². The topological polar surface area (TPSA) is 118 Å². The highest BCUT2D eigenvalue weighted by Gasteiger charge is 2.23. The van der Waals surface area contributed by atoms with Crippen LogP contribution in [0.5, 0.6) is 11.5 Å². The number of rotatable bonds is 5. The first kappa shape index (κ1) is 20.7. The molecular formula is C20H11Br2NO6. The predicted octanol–water partition coefficient (Wildman–Crippen LogP) is 4.99. The average Bonchev–Trinajstić information content (AvgIpc) is 2.70. The maximum Gasteiger partial charge on any atom is 0.270 e. The third-order valence-corrected chi connectivity index (χ3v) is 5.05. The molecule has 146 valence electrons. The summed E-state index contributed by atoms with van der Waals surface area (Å²) in [6.45, 7) is 0. The van der Waals surface area contributed by atoms with Gasteiger partial charge in [-0.3, -0.25) is 19.7 Å². The zero-order chi connectivity index (χ0) is 21.3. The van der Waals surface area contributed by atoms with Crippen molar-refractivity contribution in [3.8, 4) is 11.5 Å². The highest BCUT2D eigenvalue weighted by atomic mass is 79.9. The molecule has 3 aromatic rings. The van der Waals surface area contributed by atoms with Gasteiger partial charge >= 0.3 is 0 Å². The van der Waals surface area contributed by atoms with Gasteiger partial charge in [0.25, 0.3) is 5.69 Å². The number of hydrogen-bond acceptors (Lipinski definition) is 6. The lowest BCUT2D eigenvalue weighted by molar-refractivity contribution is -0.384. The van der Waals surface area contributed by atoms with Crippen LogP contribution in [-0.2, 0) is 0 Å². The number of phenolic OH excluding ortho intramolecular Hbond substituents is 2. The fraction of sp³-hybridized carbons (Fsp3) is 0. The van der Waals surface area contributed by atoms with E-state index in [2.05, 4.69) is 31.9 Å². The van der Waals surface area contributed by atoms with Crippen molar-refractivity contribution in [2.24, 2.45) is 0 Å². The van der Waals surface area contributed by atoms with Crippen LogP contribution < -0.4 is 0 Å². The van der Waals surface area contributed by atoms with Crippen molar-refractivity contribution in [2.45, 2.75) is 0 Å². The molecule has 0 bridgehead atoms. The van der Waals surface area contributed by atoms with E-state index < -0.39 is 22.2 Å². The summed E-state index contributed by atoms with van der Waals surface area (Å²) in [7, 11) is 0. The number of carbonyl (C=O) groups is 2. The van der Waals surface area contributed by atoms with Gasteiger partial charge in [-0.15, -0.1) is 0 Å². The molecule has 3 rings (SSSR count). The van der Waals surface area contributed by atoms with E-state index in [-0.39, 0.29) is 33.8 Å². The number of nitro groups is 1. The highest BCUT2D eigenvalue weighted by molar-refractivity contribution is 9.10. The van der Waals surface area contributed by atoms with E-state index >= 15 is 0 Å². The predicted molar refractivity (Wildman–Crippen MR) is 112 cm³/mol. The van der Waals surface area contributed by atoms with Gasteiger partial charge in [0.05, 0.1) is 16.1 Å². The third-order valence-electron chi connectivity index (χ3n) is 4.06.